The number of nitrogens with one attached hydrogen (secondary N) is 1. The number of ether oxygens (including phenoxy) is 2. The van der Waals surface area contributed by atoms with Crippen LogP contribution in [0, 0.1) is 0 Å². The summed E-state index contributed by atoms with van der Waals surface area (Å²) in [6.45, 7) is 0. The predicted molar refractivity (Wildman–Crippen MR) is 110 cm³/mol. The molecule has 10 nitrogen and oxygen atoms in total. The maximum atomic E-state index is 12.8. The average Bonchev–Trinajstić information content (AvgIpc) is 2.79. The number of carbonyl (C=O) groups excluding carboxylic acids is 2. The summed E-state index contributed by atoms with van der Waals surface area (Å²) >= 11 is 0. The standard InChI is InChI=1S/C21H16N2O8S/c1-30-14-6-8-15(9-7-14)31-21(27)16-4-2-3-5-18(16)32(28,29)23-19(24)17-12-13(20(25)26)10-11-22-17/h2-12H,1H3,(H,23,24)(H,25,26). The second-order valence-electron chi connectivity index (χ2n) is 6.23. The zero-order chi connectivity index (χ0) is 23.3. The molecule has 0 aliphatic rings. The number of sulfonamides is 1. The lowest BCUT2D eigenvalue weighted by Crippen LogP contribution is -2.32. The number of aromatic carboxylic acids is 1. The van der Waals surface area contributed by atoms with E-state index in [2.05, 4.69) is 4.98 Å². The van der Waals surface area contributed by atoms with Crippen molar-refractivity contribution in [2.24, 2.45) is 0 Å². The minimum Gasteiger partial charge on any atom is -0.497 e. The van der Waals surface area contributed by atoms with Crippen LogP contribution in [0.3, 0.4) is 0 Å². The topological polar surface area (TPSA) is 149 Å². The van der Waals surface area contributed by atoms with Gasteiger partial charge in [0.1, 0.15) is 22.1 Å². The summed E-state index contributed by atoms with van der Waals surface area (Å²) in [4.78, 5) is 39.2. The summed E-state index contributed by atoms with van der Waals surface area (Å²) in [6.07, 6.45) is 1.06. The lowest BCUT2D eigenvalue weighted by atomic mass is 10.2. The van der Waals surface area contributed by atoms with E-state index in [0.717, 1.165) is 24.4 Å². The van der Waals surface area contributed by atoms with E-state index in [1.807, 2.05) is 0 Å². The van der Waals surface area contributed by atoms with E-state index in [1.54, 1.807) is 16.9 Å². The fourth-order valence-electron chi connectivity index (χ4n) is 2.59. The molecule has 3 aromatic rings. The zero-order valence-electron chi connectivity index (χ0n) is 16.5. The van der Waals surface area contributed by atoms with Crippen molar-refractivity contribution < 1.29 is 37.4 Å². The quantitative estimate of drug-likeness (QED) is 0.403. The number of nitrogens with zero attached hydrogens (tertiary/aromatic N) is 1. The SMILES string of the molecule is COc1ccc(OC(=O)c2ccccc2S(=O)(=O)NC(=O)c2cc(C(=O)O)ccn2)cc1. The van der Waals surface area contributed by atoms with Crippen LogP contribution in [0.4, 0.5) is 0 Å². The van der Waals surface area contributed by atoms with E-state index in [0.29, 0.717) is 5.75 Å². The summed E-state index contributed by atoms with van der Waals surface area (Å²) < 4.78 is 37.6. The average molecular weight is 456 g/mol. The van der Waals surface area contributed by atoms with E-state index in [-0.39, 0.29) is 16.9 Å². The molecule has 32 heavy (non-hydrogen) atoms. The maximum absolute atomic E-state index is 12.8. The van der Waals surface area contributed by atoms with E-state index in [9.17, 15) is 22.8 Å². The number of carbonyl (C=O) groups is 3. The molecule has 2 aromatic carbocycles. The third kappa shape index (κ3) is 5.08. The number of amides is 1. The monoisotopic (exact) mass is 456 g/mol. The number of pyridine rings is 1. The molecule has 2 N–H and O–H groups in total. The minimum absolute atomic E-state index is 0.154. The van der Waals surface area contributed by atoms with Gasteiger partial charge in [-0.1, -0.05) is 12.1 Å². The number of aromatic nitrogens is 1. The summed E-state index contributed by atoms with van der Waals surface area (Å²) in [5.41, 5.74) is -0.978. The van der Waals surface area contributed by atoms with E-state index >= 15 is 0 Å². The summed E-state index contributed by atoms with van der Waals surface area (Å²) in [5.74, 6) is -2.74. The first kappa shape index (κ1) is 22.4. The molecule has 0 fully saturated rings. The normalized spacial score (nSPS) is 10.8. The number of esters is 1. The number of carboxylic acid groups (broad SMARTS) is 1. The van der Waals surface area contributed by atoms with Crippen molar-refractivity contribution in [3.05, 3.63) is 83.7 Å². The second-order valence-corrected chi connectivity index (χ2v) is 7.88. The largest absolute Gasteiger partial charge is 0.497 e. The van der Waals surface area contributed by atoms with Crippen LogP contribution in [-0.2, 0) is 10.0 Å². The van der Waals surface area contributed by atoms with Crippen molar-refractivity contribution in [1.82, 2.24) is 9.71 Å². The maximum Gasteiger partial charge on any atom is 0.344 e. The molecule has 1 aromatic heterocycles. The number of hydrogen-bond donors (Lipinski definition) is 2. The van der Waals surface area contributed by atoms with E-state index in [4.69, 9.17) is 14.6 Å². The Labute approximate surface area is 182 Å². The first-order chi connectivity index (χ1) is 15.2. The molecular formula is C21H16N2O8S. The minimum atomic E-state index is -4.53. The van der Waals surface area contributed by atoms with Gasteiger partial charge in [0.05, 0.1) is 18.2 Å². The van der Waals surface area contributed by atoms with Gasteiger partial charge < -0.3 is 14.6 Å². The van der Waals surface area contributed by atoms with Crippen molar-refractivity contribution >= 4 is 27.9 Å². The number of carboxylic acids is 1. The number of rotatable bonds is 7. The Morgan fingerprint density at radius 1 is 0.969 bits per heavy atom. The molecular weight excluding hydrogens is 440 g/mol. The predicted octanol–water partition coefficient (Wildman–Crippen LogP) is 2.13. The van der Waals surface area contributed by atoms with Crippen LogP contribution in [0.25, 0.3) is 0 Å². The summed E-state index contributed by atoms with van der Waals surface area (Å²) in [7, 11) is -3.05. The molecule has 0 bridgehead atoms. The van der Waals surface area contributed by atoms with Crippen LogP contribution in [0.2, 0.25) is 0 Å². The summed E-state index contributed by atoms with van der Waals surface area (Å²) in [6, 6.07) is 13.3. The Hall–Kier alpha value is -4.25. The molecule has 1 heterocycles. The van der Waals surface area contributed by atoms with Crippen LogP contribution in [-0.4, -0.2) is 43.5 Å². The highest BCUT2D eigenvalue weighted by Gasteiger charge is 2.26. The van der Waals surface area contributed by atoms with Crippen LogP contribution in [0.1, 0.15) is 31.2 Å². The molecule has 0 aliphatic carbocycles. The molecule has 11 heteroatoms. The molecule has 164 valence electrons. The third-order valence-corrected chi connectivity index (χ3v) is 5.52. The van der Waals surface area contributed by atoms with Gasteiger partial charge in [-0.05, 0) is 48.5 Å². The molecule has 0 aliphatic heterocycles. The third-order valence-electron chi connectivity index (χ3n) is 4.13. The van der Waals surface area contributed by atoms with Gasteiger partial charge in [-0.3, -0.25) is 9.78 Å². The molecule has 0 unspecified atom stereocenters. The van der Waals surface area contributed by atoms with Crippen molar-refractivity contribution in [3.63, 3.8) is 0 Å². The van der Waals surface area contributed by atoms with Crippen LogP contribution in [0.5, 0.6) is 11.5 Å². The smallest absolute Gasteiger partial charge is 0.344 e. The van der Waals surface area contributed by atoms with E-state index in [1.165, 1.54) is 37.4 Å². The Balaban J connectivity index is 1.85. The van der Waals surface area contributed by atoms with Crippen molar-refractivity contribution in [1.29, 1.82) is 0 Å². The molecule has 0 saturated carbocycles. The number of methoxy groups -OCH3 is 1. The first-order valence-electron chi connectivity index (χ1n) is 8.93. The second kappa shape index (κ2) is 9.27. The Kier molecular flexibility index (Phi) is 6.50. The molecule has 0 radical (unpaired) electrons. The van der Waals surface area contributed by atoms with Crippen molar-refractivity contribution in [2.75, 3.05) is 7.11 Å². The summed E-state index contributed by atoms with van der Waals surface area (Å²) in [5, 5.41) is 9.01. The Bertz CT molecular complexity index is 1290. The zero-order valence-corrected chi connectivity index (χ0v) is 17.3. The van der Waals surface area contributed by atoms with Gasteiger partial charge in [0.15, 0.2) is 0 Å². The molecule has 3 rings (SSSR count). The van der Waals surface area contributed by atoms with Crippen molar-refractivity contribution in [2.45, 2.75) is 4.90 Å². The lowest BCUT2D eigenvalue weighted by Gasteiger charge is -2.11. The van der Waals surface area contributed by atoms with Gasteiger partial charge in [-0.25, -0.2) is 22.7 Å². The highest BCUT2D eigenvalue weighted by molar-refractivity contribution is 7.90. The fourth-order valence-corrected chi connectivity index (χ4v) is 3.75. The van der Waals surface area contributed by atoms with Gasteiger partial charge in [0.2, 0.25) is 0 Å². The number of benzene rings is 2. The van der Waals surface area contributed by atoms with Crippen molar-refractivity contribution in [3.8, 4) is 11.5 Å². The van der Waals surface area contributed by atoms with Gasteiger partial charge >= 0.3 is 11.9 Å². The molecule has 0 spiro atoms. The van der Waals surface area contributed by atoms with Gasteiger partial charge in [0.25, 0.3) is 15.9 Å². The first-order valence-corrected chi connectivity index (χ1v) is 10.4. The number of hydrogen-bond acceptors (Lipinski definition) is 8. The van der Waals surface area contributed by atoms with Crippen LogP contribution >= 0.6 is 0 Å². The highest BCUT2D eigenvalue weighted by Crippen LogP contribution is 2.21. The van der Waals surface area contributed by atoms with Gasteiger partial charge in [-0.15, -0.1) is 0 Å². The fraction of sp³-hybridized carbons (Fsp3) is 0.0476. The van der Waals surface area contributed by atoms with E-state index < -0.39 is 38.5 Å². The Morgan fingerprint density at radius 2 is 1.62 bits per heavy atom. The highest BCUT2D eigenvalue weighted by atomic mass is 32.2. The Morgan fingerprint density at radius 3 is 2.28 bits per heavy atom. The van der Waals surface area contributed by atoms with Gasteiger partial charge in [-0.2, -0.15) is 0 Å². The van der Waals surface area contributed by atoms with Crippen LogP contribution in [0.15, 0.2) is 71.8 Å². The lowest BCUT2D eigenvalue weighted by molar-refractivity contribution is 0.0694. The molecule has 0 saturated heterocycles. The van der Waals surface area contributed by atoms with Crippen LogP contribution < -0.4 is 14.2 Å². The molecule has 1 amide bonds. The molecule has 0 atom stereocenters. The van der Waals surface area contributed by atoms with Gasteiger partial charge in [0, 0.05) is 6.20 Å².